The smallest absolute Gasteiger partial charge is 0.245 e. The number of likely N-dealkylation sites (N-methyl/N-ethyl adjacent to an activating group) is 1. The number of halogens is 1. The number of benzene rings is 1. The molecule has 0 unspecified atom stereocenters. The second-order valence-corrected chi connectivity index (χ2v) is 6.24. The van der Waals surface area contributed by atoms with E-state index in [2.05, 4.69) is 10.6 Å². The fourth-order valence-corrected chi connectivity index (χ4v) is 2.81. The Morgan fingerprint density at radius 3 is 2.70 bits per heavy atom. The molecule has 0 aromatic heterocycles. The summed E-state index contributed by atoms with van der Waals surface area (Å²) < 4.78 is 13.4. The van der Waals surface area contributed by atoms with Crippen molar-refractivity contribution in [3.05, 3.63) is 35.1 Å². The average molecular weight is 321 g/mol. The number of fused-ring (bicyclic) bond motifs is 1. The van der Waals surface area contributed by atoms with E-state index in [4.69, 9.17) is 0 Å². The van der Waals surface area contributed by atoms with Gasteiger partial charge in [0.05, 0.1) is 6.54 Å². The molecule has 0 saturated carbocycles. The van der Waals surface area contributed by atoms with E-state index in [0.717, 1.165) is 11.1 Å². The Kier molecular flexibility index (Phi) is 5.71. The van der Waals surface area contributed by atoms with Crippen molar-refractivity contribution in [3.63, 3.8) is 0 Å². The SMILES string of the molecule is CNCC(=O)N[C@H](C(=O)N1CCc2ccc(F)cc2C1)C(C)C. The molecule has 0 radical (unpaired) electrons. The van der Waals surface area contributed by atoms with Gasteiger partial charge in [0, 0.05) is 13.1 Å². The van der Waals surface area contributed by atoms with Crippen molar-refractivity contribution >= 4 is 11.8 Å². The molecule has 23 heavy (non-hydrogen) atoms. The number of carbonyl (C=O) groups is 2. The summed E-state index contributed by atoms with van der Waals surface area (Å²) in [5.74, 6) is -0.625. The third-order valence-corrected chi connectivity index (χ3v) is 4.08. The van der Waals surface area contributed by atoms with Crippen LogP contribution in [0.5, 0.6) is 0 Å². The van der Waals surface area contributed by atoms with Crippen molar-refractivity contribution in [2.45, 2.75) is 32.9 Å². The van der Waals surface area contributed by atoms with Crippen molar-refractivity contribution in [2.75, 3.05) is 20.1 Å². The molecule has 0 fully saturated rings. The summed E-state index contributed by atoms with van der Waals surface area (Å²) in [7, 11) is 1.68. The highest BCUT2D eigenvalue weighted by Crippen LogP contribution is 2.21. The van der Waals surface area contributed by atoms with Crippen molar-refractivity contribution in [1.82, 2.24) is 15.5 Å². The number of rotatable bonds is 5. The number of nitrogens with zero attached hydrogens (tertiary/aromatic N) is 1. The molecule has 5 nitrogen and oxygen atoms in total. The van der Waals surface area contributed by atoms with E-state index < -0.39 is 6.04 Å². The van der Waals surface area contributed by atoms with Crippen LogP contribution in [0.15, 0.2) is 18.2 Å². The molecule has 1 aliphatic heterocycles. The zero-order valence-corrected chi connectivity index (χ0v) is 13.9. The molecule has 0 bridgehead atoms. The molecule has 126 valence electrons. The summed E-state index contributed by atoms with van der Waals surface area (Å²) in [5.41, 5.74) is 1.92. The second kappa shape index (κ2) is 7.55. The monoisotopic (exact) mass is 321 g/mol. The molecule has 0 aliphatic carbocycles. The molecule has 6 heteroatoms. The lowest BCUT2D eigenvalue weighted by molar-refractivity contribution is -0.138. The van der Waals surface area contributed by atoms with Gasteiger partial charge in [-0.2, -0.15) is 0 Å². The summed E-state index contributed by atoms with van der Waals surface area (Å²) in [6, 6.07) is 4.15. The maximum absolute atomic E-state index is 13.4. The van der Waals surface area contributed by atoms with Gasteiger partial charge in [-0.3, -0.25) is 9.59 Å². The maximum atomic E-state index is 13.4. The summed E-state index contributed by atoms with van der Waals surface area (Å²) in [6.45, 7) is 4.95. The molecular weight excluding hydrogens is 297 g/mol. The number of hydrogen-bond donors (Lipinski definition) is 2. The van der Waals surface area contributed by atoms with Crippen molar-refractivity contribution in [3.8, 4) is 0 Å². The summed E-state index contributed by atoms with van der Waals surface area (Å²) in [6.07, 6.45) is 0.705. The van der Waals surface area contributed by atoms with Crippen LogP contribution in [-0.4, -0.2) is 42.9 Å². The molecule has 1 atom stereocenters. The third kappa shape index (κ3) is 4.28. The topological polar surface area (TPSA) is 61.4 Å². The van der Waals surface area contributed by atoms with Gasteiger partial charge in [0.2, 0.25) is 11.8 Å². The van der Waals surface area contributed by atoms with E-state index in [1.54, 1.807) is 18.0 Å². The van der Waals surface area contributed by atoms with Crippen molar-refractivity contribution < 1.29 is 14.0 Å². The Hall–Kier alpha value is -1.95. The molecule has 2 amide bonds. The predicted molar refractivity (Wildman–Crippen MR) is 86.2 cm³/mol. The number of carbonyl (C=O) groups excluding carboxylic acids is 2. The van der Waals surface area contributed by atoms with Crippen LogP contribution in [0, 0.1) is 11.7 Å². The van der Waals surface area contributed by atoms with Crippen LogP contribution in [0.1, 0.15) is 25.0 Å². The van der Waals surface area contributed by atoms with E-state index in [1.807, 2.05) is 13.8 Å². The zero-order chi connectivity index (χ0) is 17.0. The number of nitrogens with one attached hydrogen (secondary N) is 2. The Morgan fingerprint density at radius 2 is 2.04 bits per heavy atom. The molecule has 2 N–H and O–H groups in total. The molecule has 0 spiro atoms. The minimum Gasteiger partial charge on any atom is -0.343 e. The van der Waals surface area contributed by atoms with Crippen molar-refractivity contribution in [2.24, 2.45) is 5.92 Å². The summed E-state index contributed by atoms with van der Waals surface area (Å²) >= 11 is 0. The lowest BCUT2D eigenvalue weighted by Crippen LogP contribution is -2.53. The first-order chi connectivity index (χ1) is 10.9. The van der Waals surface area contributed by atoms with E-state index in [1.165, 1.54) is 12.1 Å². The normalized spacial score (nSPS) is 15.3. The van der Waals surface area contributed by atoms with Gasteiger partial charge in [0.1, 0.15) is 11.9 Å². The lowest BCUT2D eigenvalue weighted by atomic mass is 9.97. The summed E-state index contributed by atoms with van der Waals surface area (Å²) in [5, 5.41) is 5.55. The van der Waals surface area contributed by atoms with Gasteiger partial charge >= 0.3 is 0 Å². The Balaban J connectivity index is 2.10. The Morgan fingerprint density at radius 1 is 1.30 bits per heavy atom. The van der Waals surface area contributed by atoms with Crippen LogP contribution < -0.4 is 10.6 Å². The van der Waals surface area contributed by atoms with Gasteiger partial charge < -0.3 is 15.5 Å². The zero-order valence-electron chi connectivity index (χ0n) is 13.9. The molecule has 2 rings (SSSR count). The molecule has 1 aromatic carbocycles. The van der Waals surface area contributed by atoms with Gasteiger partial charge in [0.15, 0.2) is 0 Å². The second-order valence-electron chi connectivity index (χ2n) is 6.24. The molecular formula is C17H24FN3O2. The van der Waals surface area contributed by atoms with E-state index in [0.29, 0.717) is 19.5 Å². The van der Waals surface area contributed by atoms with Crippen LogP contribution in [0.3, 0.4) is 0 Å². The number of amides is 2. The largest absolute Gasteiger partial charge is 0.343 e. The Bertz CT molecular complexity index is 589. The highest BCUT2D eigenvalue weighted by molar-refractivity contribution is 5.88. The first-order valence-electron chi connectivity index (χ1n) is 7.92. The van der Waals surface area contributed by atoms with E-state index in [9.17, 15) is 14.0 Å². The molecule has 1 aromatic rings. The average Bonchev–Trinajstić information content (AvgIpc) is 2.51. The maximum Gasteiger partial charge on any atom is 0.245 e. The molecule has 0 saturated heterocycles. The molecule has 1 aliphatic rings. The highest BCUT2D eigenvalue weighted by atomic mass is 19.1. The van der Waals surface area contributed by atoms with Gasteiger partial charge in [-0.05, 0) is 42.6 Å². The minimum absolute atomic E-state index is 0.0165. The quantitative estimate of drug-likeness (QED) is 0.853. The summed E-state index contributed by atoms with van der Waals surface area (Å²) in [4.78, 5) is 26.3. The van der Waals surface area contributed by atoms with Gasteiger partial charge in [-0.1, -0.05) is 19.9 Å². The Labute approximate surface area is 136 Å². The number of hydrogen-bond acceptors (Lipinski definition) is 3. The lowest BCUT2D eigenvalue weighted by Gasteiger charge is -2.33. The standard InChI is InChI=1S/C17H24FN3O2/c1-11(2)16(20-15(22)9-19-3)17(23)21-7-6-12-4-5-14(18)8-13(12)10-21/h4-5,8,11,16,19H,6-7,9-10H2,1-3H3,(H,20,22)/t16-/m0/s1. The van der Waals surface area contributed by atoms with Crippen LogP contribution in [-0.2, 0) is 22.6 Å². The van der Waals surface area contributed by atoms with Crippen LogP contribution in [0.4, 0.5) is 4.39 Å². The predicted octanol–water partition coefficient (Wildman–Crippen LogP) is 1.07. The van der Waals surface area contributed by atoms with Crippen molar-refractivity contribution in [1.29, 1.82) is 0 Å². The fraction of sp³-hybridized carbons (Fsp3) is 0.529. The first kappa shape index (κ1) is 17.4. The third-order valence-electron chi connectivity index (χ3n) is 4.08. The van der Waals surface area contributed by atoms with Gasteiger partial charge in [-0.15, -0.1) is 0 Å². The van der Waals surface area contributed by atoms with Crippen LogP contribution in [0.2, 0.25) is 0 Å². The highest BCUT2D eigenvalue weighted by Gasteiger charge is 2.30. The van der Waals surface area contributed by atoms with E-state index in [-0.39, 0.29) is 30.1 Å². The van der Waals surface area contributed by atoms with Crippen LogP contribution >= 0.6 is 0 Å². The van der Waals surface area contributed by atoms with E-state index >= 15 is 0 Å². The minimum atomic E-state index is -0.564. The first-order valence-corrected chi connectivity index (χ1v) is 7.92. The molecule has 1 heterocycles. The van der Waals surface area contributed by atoms with Gasteiger partial charge in [-0.25, -0.2) is 4.39 Å². The van der Waals surface area contributed by atoms with Crippen LogP contribution in [0.25, 0.3) is 0 Å². The fourth-order valence-electron chi connectivity index (χ4n) is 2.81. The van der Waals surface area contributed by atoms with Gasteiger partial charge in [0.25, 0.3) is 0 Å².